The SMILES string of the molecule is C.NC(=NCCCCCCOC(CO)CCO)NC(=O)c1nc(Cl)c(N)nc1N. The molecule has 0 spiro atoms. The number of carbonyl (C=O) groups excluding carboxylic acids is 1. The number of aromatic nitrogens is 2. The first-order chi connectivity index (χ1) is 13.4. The number of halogens is 1. The van der Waals surface area contributed by atoms with Crippen LogP contribution in [0.5, 0.6) is 0 Å². The number of carbonyl (C=O) groups is 1. The van der Waals surface area contributed by atoms with Crippen molar-refractivity contribution in [2.24, 2.45) is 10.7 Å². The Balaban J connectivity index is 0.00000784. The van der Waals surface area contributed by atoms with E-state index in [9.17, 15) is 4.79 Å². The molecule has 12 heteroatoms. The van der Waals surface area contributed by atoms with Gasteiger partial charge in [-0.1, -0.05) is 31.9 Å². The molecule has 29 heavy (non-hydrogen) atoms. The molecule has 0 saturated heterocycles. The largest absolute Gasteiger partial charge is 0.396 e. The molecule has 1 aromatic heterocycles. The first-order valence-electron chi connectivity index (χ1n) is 8.92. The maximum Gasteiger partial charge on any atom is 0.280 e. The number of nitrogens with zero attached hydrogens (tertiary/aromatic N) is 3. The molecule has 1 unspecified atom stereocenters. The maximum absolute atomic E-state index is 12.1. The summed E-state index contributed by atoms with van der Waals surface area (Å²) in [6, 6.07) is 0. The number of rotatable bonds is 12. The second kappa shape index (κ2) is 14.7. The molecule has 0 aliphatic carbocycles. The zero-order valence-electron chi connectivity index (χ0n) is 15.6. The normalized spacial score (nSPS) is 12.3. The number of ether oxygens (including phenoxy) is 1. The van der Waals surface area contributed by atoms with Crippen molar-refractivity contribution in [2.75, 3.05) is 37.8 Å². The van der Waals surface area contributed by atoms with Crippen LogP contribution in [0, 0.1) is 0 Å². The summed E-state index contributed by atoms with van der Waals surface area (Å²) >= 11 is 5.73. The van der Waals surface area contributed by atoms with E-state index < -0.39 is 5.91 Å². The molecule has 1 amide bonds. The number of aliphatic hydroxyl groups excluding tert-OH is 2. The number of guanidine groups is 1. The Hall–Kier alpha value is -2.21. The molecule has 0 aliphatic heterocycles. The second-order valence-corrected chi connectivity index (χ2v) is 6.31. The summed E-state index contributed by atoms with van der Waals surface area (Å²) in [6.45, 7) is 0.867. The van der Waals surface area contributed by atoms with Crippen molar-refractivity contribution in [2.45, 2.75) is 45.6 Å². The standard InChI is InChI=1S/C16H28ClN7O4.CH4/c17-12-14(19)23-13(18)11(22-12)15(27)24-16(20)21-6-3-1-2-4-8-28-10(9-26)5-7-25;/h10,25-26H,1-9H2,(H4,18,19,23)(H3,20,21,24,27);1H4. The fourth-order valence-corrected chi connectivity index (χ4v) is 2.34. The van der Waals surface area contributed by atoms with Crippen molar-refractivity contribution in [3.63, 3.8) is 0 Å². The molecule has 0 aliphatic rings. The van der Waals surface area contributed by atoms with Crippen molar-refractivity contribution >= 4 is 35.1 Å². The molecule has 1 heterocycles. The number of aliphatic imine (C=N–C) groups is 1. The van der Waals surface area contributed by atoms with E-state index in [1.807, 2.05) is 0 Å². The first-order valence-corrected chi connectivity index (χ1v) is 9.29. The van der Waals surface area contributed by atoms with Crippen molar-refractivity contribution in [1.29, 1.82) is 0 Å². The highest BCUT2D eigenvalue weighted by atomic mass is 35.5. The van der Waals surface area contributed by atoms with Crippen LogP contribution in [-0.2, 0) is 4.74 Å². The molecule has 0 aromatic carbocycles. The average Bonchev–Trinajstić information content (AvgIpc) is 2.65. The lowest BCUT2D eigenvalue weighted by Crippen LogP contribution is -2.38. The lowest BCUT2D eigenvalue weighted by molar-refractivity contribution is -0.00226. The summed E-state index contributed by atoms with van der Waals surface area (Å²) in [6.07, 6.45) is 3.57. The minimum Gasteiger partial charge on any atom is -0.396 e. The van der Waals surface area contributed by atoms with Crippen LogP contribution in [0.2, 0.25) is 5.15 Å². The van der Waals surface area contributed by atoms with Crippen LogP contribution in [0.25, 0.3) is 0 Å². The molecule has 1 atom stereocenters. The summed E-state index contributed by atoms with van der Waals surface area (Å²) in [5, 5.41) is 20.1. The molecule has 0 fully saturated rings. The molecule has 1 aromatic rings. The number of anilines is 2. The third-order valence-electron chi connectivity index (χ3n) is 3.70. The highest BCUT2D eigenvalue weighted by molar-refractivity contribution is 6.31. The topological polar surface area (TPSA) is 195 Å². The number of hydrogen-bond donors (Lipinski definition) is 6. The Kier molecular flexibility index (Phi) is 13.6. The van der Waals surface area contributed by atoms with Crippen LogP contribution in [0.3, 0.4) is 0 Å². The van der Waals surface area contributed by atoms with Gasteiger partial charge in [-0.3, -0.25) is 15.1 Å². The molecular weight excluding hydrogens is 402 g/mol. The number of nitrogen functional groups attached to an aromatic ring is 2. The van der Waals surface area contributed by atoms with E-state index in [0.29, 0.717) is 19.6 Å². The minimum atomic E-state index is -0.674. The molecule has 0 bridgehead atoms. The molecular formula is C17H32ClN7O4. The van der Waals surface area contributed by atoms with Gasteiger partial charge in [0.15, 0.2) is 28.4 Å². The quantitative estimate of drug-likeness (QED) is 0.152. The van der Waals surface area contributed by atoms with Gasteiger partial charge in [-0.25, -0.2) is 9.97 Å². The van der Waals surface area contributed by atoms with Gasteiger partial charge in [-0.2, -0.15) is 0 Å². The zero-order chi connectivity index (χ0) is 20.9. The van der Waals surface area contributed by atoms with Gasteiger partial charge in [0.05, 0.1) is 12.7 Å². The number of amides is 1. The highest BCUT2D eigenvalue weighted by Gasteiger charge is 2.16. The van der Waals surface area contributed by atoms with Gasteiger partial charge in [0, 0.05) is 19.8 Å². The van der Waals surface area contributed by atoms with E-state index in [-0.39, 0.29) is 55.2 Å². The number of nitrogens with one attached hydrogen (secondary N) is 1. The molecule has 11 nitrogen and oxygen atoms in total. The van der Waals surface area contributed by atoms with Crippen LogP contribution >= 0.6 is 11.6 Å². The fraction of sp³-hybridized carbons (Fsp3) is 0.647. The van der Waals surface area contributed by atoms with Crippen molar-refractivity contribution in [3.05, 3.63) is 10.8 Å². The maximum atomic E-state index is 12.1. The third kappa shape index (κ3) is 10.2. The van der Waals surface area contributed by atoms with Crippen molar-refractivity contribution < 1.29 is 19.7 Å². The van der Waals surface area contributed by atoms with E-state index in [4.69, 9.17) is 43.8 Å². The fourth-order valence-electron chi connectivity index (χ4n) is 2.21. The smallest absolute Gasteiger partial charge is 0.280 e. The van der Waals surface area contributed by atoms with E-state index in [0.717, 1.165) is 25.7 Å². The predicted molar refractivity (Wildman–Crippen MR) is 114 cm³/mol. The highest BCUT2D eigenvalue weighted by Crippen LogP contribution is 2.17. The third-order valence-corrected chi connectivity index (χ3v) is 3.98. The van der Waals surface area contributed by atoms with Crippen LogP contribution in [-0.4, -0.2) is 64.5 Å². The van der Waals surface area contributed by atoms with Gasteiger partial charge in [0.1, 0.15) is 0 Å². The van der Waals surface area contributed by atoms with Crippen LogP contribution < -0.4 is 22.5 Å². The average molecular weight is 434 g/mol. The first kappa shape index (κ1) is 26.8. The van der Waals surface area contributed by atoms with Gasteiger partial charge in [-0.05, 0) is 19.3 Å². The second-order valence-electron chi connectivity index (χ2n) is 5.96. The monoisotopic (exact) mass is 433 g/mol. The van der Waals surface area contributed by atoms with Gasteiger partial charge >= 0.3 is 0 Å². The Morgan fingerprint density at radius 3 is 2.52 bits per heavy atom. The van der Waals surface area contributed by atoms with Gasteiger partial charge < -0.3 is 32.2 Å². The van der Waals surface area contributed by atoms with Gasteiger partial charge in [0.25, 0.3) is 5.91 Å². The van der Waals surface area contributed by atoms with Gasteiger partial charge in [-0.15, -0.1) is 0 Å². The predicted octanol–water partition coefficient (Wildman–Crippen LogP) is 0.295. The zero-order valence-corrected chi connectivity index (χ0v) is 16.4. The number of hydrogen-bond acceptors (Lipinski definition) is 9. The van der Waals surface area contributed by atoms with E-state index in [2.05, 4.69) is 20.3 Å². The van der Waals surface area contributed by atoms with E-state index in [1.165, 1.54) is 0 Å². The van der Waals surface area contributed by atoms with Crippen LogP contribution in [0.15, 0.2) is 4.99 Å². The Morgan fingerprint density at radius 1 is 1.17 bits per heavy atom. The van der Waals surface area contributed by atoms with Gasteiger partial charge in [0.2, 0.25) is 0 Å². The Morgan fingerprint density at radius 2 is 1.86 bits per heavy atom. The van der Waals surface area contributed by atoms with Crippen molar-refractivity contribution in [1.82, 2.24) is 15.3 Å². The number of aliphatic hydroxyl groups is 2. The summed E-state index contributed by atoms with van der Waals surface area (Å²) in [7, 11) is 0. The van der Waals surface area contributed by atoms with Crippen molar-refractivity contribution in [3.8, 4) is 0 Å². The molecule has 0 saturated carbocycles. The summed E-state index contributed by atoms with van der Waals surface area (Å²) in [5.74, 6) is -0.955. The van der Waals surface area contributed by atoms with Crippen LogP contribution in [0.1, 0.15) is 50.0 Å². The number of unbranched alkanes of at least 4 members (excludes halogenated alkanes) is 3. The molecule has 1 rings (SSSR count). The van der Waals surface area contributed by atoms with E-state index in [1.54, 1.807) is 0 Å². The number of nitrogens with two attached hydrogens (primary N) is 3. The van der Waals surface area contributed by atoms with E-state index >= 15 is 0 Å². The van der Waals surface area contributed by atoms with Crippen LogP contribution in [0.4, 0.5) is 11.6 Å². The summed E-state index contributed by atoms with van der Waals surface area (Å²) < 4.78 is 5.44. The molecule has 0 radical (unpaired) electrons. The minimum absolute atomic E-state index is 0. The molecule has 166 valence electrons. The summed E-state index contributed by atoms with van der Waals surface area (Å²) in [5.41, 5.74) is 16.6. The lowest BCUT2D eigenvalue weighted by atomic mass is 10.2. The summed E-state index contributed by atoms with van der Waals surface area (Å²) in [4.78, 5) is 23.6. The Labute approximate surface area is 175 Å². The molecule has 9 N–H and O–H groups in total. The Bertz CT molecular complexity index is 661. The lowest BCUT2D eigenvalue weighted by Gasteiger charge is -2.13.